The van der Waals surface area contributed by atoms with Gasteiger partial charge in [0.2, 0.25) is 0 Å². The summed E-state index contributed by atoms with van der Waals surface area (Å²) in [5.74, 6) is 0. The van der Waals surface area contributed by atoms with Crippen LogP contribution in [0, 0.1) is 0 Å². The van der Waals surface area contributed by atoms with Crippen LogP contribution >= 0.6 is 0 Å². The number of para-hydroxylation sites is 5. The molecule has 11 rings (SSSR count). The molecule has 0 saturated carbocycles. The fraction of sp³-hybridized carbons (Fsp3) is 0. The van der Waals surface area contributed by atoms with Crippen LogP contribution in [-0.2, 0) is 0 Å². The lowest BCUT2D eigenvalue weighted by molar-refractivity contribution is 0.669. The number of benzene rings is 7. The van der Waals surface area contributed by atoms with Crippen LogP contribution in [0.5, 0.6) is 0 Å². The average Bonchev–Trinajstić information content (AvgIpc) is 3.88. The van der Waals surface area contributed by atoms with Crippen molar-refractivity contribution in [3.8, 4) is 11.1 Å². The van der Waals surface area contributed by atoms with Crippen molar-refractivity contribution in [2.45, 2.75) is 0 Å². The molecule has 0 N–H and O–H groups in total. The normalized spacial score (nSPS) is 12.2. The maximum atomic E-state index is 6.43. The highest BCUT2D eigenvalue weighted by atomic mass is 16.3. The SMILES string of the molecule is c1ccc(-c2ccc(N(c3cccc4oc5ccccc5c34)c3cccc4c5c6ccccc6n6c7ccccc7n(c34)c56)cc2)cc1. The molecule has 4 heteroatoms. The second-order valence-electron chi connectivity index (χ2n) is 12.5. The molecule has 48 heavy (non-hydrogen) atoms. The standard InChI is InChI=1S/C44H27N3O/c1-2-12-28(13-3-1)29-24-26-30(27-25-29)45(37-20-11-23-40-42(37)32-15-5-9-22-39(32)48-40)38-21-10-16-33-41-31-14-4-6-17-34(31)46-35-18-7-8-19-36(35)47(43(33)38)44(41)46/h1-27H. The monoisotopic (exact) mass is 613 g/mol. The van der Waals surface area contributed by atoms with E-state index in [2.05, 4.69) is 171 Å². The second-order valence-corrected chi connectivity index (χ2v) is 12.5. The van der Waals surface area contributed by atoms with E-state index in [-0.39, 0.29) is 0 Å². The summed E-state index contributed by atoms with van der Waals surface area (Å²) in [5.41, 5.74) is 13.5. The number of nitrogens with zero attached hydrogens (tertiary/aromatic N) is 3. The highest BCUT2D eigenvalue weighted by Gasteiger charge is 2.27. The van der Waals surface area contributed by atoms with E-state index in [1.807, 2.05) is 6.07 Å². The van der Waals surface area contributed by atoms with Gasteiger partial charge in [0.15, 0.2) is 0 Å². The minimum absolute atomic E-state index is 0.874. The molecule has 4 nitrogen and oxygen atoms in total. The van der Waals surface area contributed by atoms with E-state index in [9.17, 15) is 0 Å². The largest absolute Gasteiger partial charge is 0.456 e. The first-order valence-electron chi connectivity index (χ1n) is 16.4. The van der Waals surface area contributed by atoms with E-state index >= 15 is 0 Å². The number of hydrogen-bond donors (Lipinski definition) is 0. The molecule has 0 atom stereocenters. The highest BCUT2D eigenvalue weighted by molar-refractivity contribution is 6.26. The van der Waals surface area contributed by atoms with Gasteiger partial charge in [-0.15, -0.1) is 0 Å². The van der Waals surface area contributed by atoms with Gasteiger partial charge < -0.3 is 9.32 Å². The second kappa shape index (κ2) is 9.50. The Morgan fingerprint density at radius 1 is 0.396 bits per heavy atom. The van der Waals surface area contributed by atoms with Crippen molar-refractivity contribution in [2.75, 3.05) is 4.90 Å². The molecule has 0 radical (unpaired) electrons. The van der Waals surface area contributed by atoms with Gasteiger partial charge in [0, 0.05) is 27.2 Å². The Hall–Kier alpha value is -6.52. The molecule has 0 saturated heterocycles. The Balaban J connectivity index is 1.28. The number of imidazole rings is 1. The van der Waals surface area contributed by atoms with Crippen LogP contribution in [0.15, 0.2) is 168 Å². The van der Waals surface area contributed by atoms with Gasteiger partial charge in [0.1, 0.15) is 16.8 Å². The number of anilines is 3. The van der Waals surface area contributed by atoms with E-state index in [1.54, 1.807) is 0 Å². The first kappa shape index (κ1) is 25.6. The van der Waals surface area contributed by atoms with E-state index in [0.29, 0.717) is 0 Å². The Bertz CT molecular complexity index is 2990. The third-order valence-corrected chi connectivity index (χ3v) is 10.0. The Morgan fingerprint density at radius 2 is 1.00 bits per heavy atom. The summed E-state index contributed by atoms with van der Waals surface area (Å²) in [4.78, 5) is 2.43. The molecule has 0 spiro atoms. The zero-order chi connectivity index (χ0) is 31.3. The minimum atomic E-state index is 0.874. The summed E-state index contributed by atoms with van der Waals surface area (Å²) in [6.07, 6.45) is 0. The summed E-state index contributed by atoms with van der Waals surface area (Å²) >= 11 is 0. The molecule has 0 aliphatic heterocycles. The summed E-state index contributed by atoms with van der Waals surface area (Å²) in [6, 6.07) is 58.6. The Kier molecular flexibility index (Phi) is 5.08. The third-order valence-electron chi connectivity index (χ3n) is 10.0. The Morgan fingerprint density at radius 3 is 1.83 bits per heavy atom. The lowest BCUT2D eigenvalue weighted by atomic mass is 10.0. The van der Waals surface area contributed by atoms with E-state index < -0.39 is 0 Å². The molecule has 0 aliphatic carbocycles. The summed E-state index contributed by atoms with van der Waals surface area (Å²) in [6.45, 7) is 0. The number of furan rings is 1. The number of fused-ring (bicyclic) bond motifs is 12. The van der Waals surface area contributed by atoms with Gasteiger partial charge in [-0.05, 0) is 65.7 Å². The highest BCUT2D eigenvalue weighted by Crippen LogP contribution is 2.49. The van der Waals surface area contributed by atoms with Crippen LogP contribution in [-0.4, -0.2) is 8.80 Å². The topological polar surface area (TPSA) is 25.2 Å². The van der Waals surface area contributed by atoms with Crippen LogP contribution in [0.25, 0.3) is 76.9 Å². The molecule has 0 bridgehead atoms. The minimum Gasteiger partial charge on any atom is -0.456 e. The van der Waals surface area contributed by atoms with Crippen LogP contribution in [0.4, 0.5) is 17.1 Å². The summed E-state index contributed by atoms with van der Waals surface area (Å²) in [5, 5.41) is 6.00. The molecule has 0 fully saturated rings. The zero-order valence-corrected chi connectivity index (χ0v) is 25.8. The predicted molar refractivity (Wildman–Crippen MR) is 199 cm³/mol. The Labute approximate surface area is 275 Å². The molecule has 4 heterocycles. The van der Waals surface area contributed by atoms with Crippen LogP contribution in [0.3, 0.4) is 0 Å². The van der Waals surface area contributed by atoms with E-state index in [0.717, 1.165) is 39.0 Å². The number of rotatable bonds is 4. The maximum Gasteiger partial charge on any atom is 0.137 e. The maximum absolute atomic E-state index is 6.43. The van der Waals surface area contributed by atoms with Crippen molar-refractivity contribution < 1.29 is 4.42 Å². The lowest BCUT2D eigenvalue weighted by Crippen LogP contribution is -2.11. The molecule has 0 unspecified atom stereocenters. The molecular formula is C44H27N3O. The smallest absolute Gasteiger partial charge is 0.137 e. The number of aromatic nitrogens is 2. The first-order valence-corrected chi connectivity index (χ1v) is 16.4. The van der Waals surface area contributed by atoms with Crippen LogP contribution in [0.1, 0.15) is 0 Å². The fourth-order valence-corrected chi connectivity index (χ4v) is 8.06. The summed E-state index contributed by atoms with van der Waals surface area (Å²) in [7, 11) is 0. The summed E-state index contributed by atoms with van der Waals surface area (Å²) < 4.78 is 11.3. The lowest BCUT2D eigenvalue weighted by Gasteiger charge is -2.27. The molecule has 11 aromatic rings. The third kappa shape index (κ3) is 3.33. The quantitative estimate of drug-likeness (QED) is 0.197. The molecular weight excluding hydrogens is 587 g/mol. The number of hydrogen-bond acceptors (Lipinski definition) is 2. The van der Waals surface area contributed by atoms with Gasteiger partial charge in [0.05, 0.1) is 38.8 Å². The first-order chi connectivity index (χ1) is 23.8. The van der Waals surface area contributed by atoms with E-state index in [1.165, 1.54) is 55.0 Å². The zero-order valence-electron chi connectivity index (χ0n) is 25.8. The molecule has 0 aliphatic rings. The van der Waals surface area contributed by atoms with Gasteiger partial charge in [-0.1, -0.05) is 109 Å². The van der Waals surface area contributed by atoms with Crippen LogP contribution in [0.2, 0.25) is 0 Å². The predicted octanol–water partition coefficient (Wildman–Crippen LogP) is 12.1. The van der Waals surface area contributed by atoms with Crippen molar-refractivity contribution in [2.24, 2.45) is 0 Å². The van der Waals surface area contributed by atoms with Gasteiger partial charge >= 0.3 is 0 Å². The van der Waals surface area contributed by atoms with Gasteiger partial charge in [0.25, 0.3) is 0 Å². The van der Waals surface area contributed by atoms with Gasteiger partial charge in [-0.3, -0.25) is 8.80 Å². The van der Waals surface area contributed by atoms with Gasteiger partial charge in [-0.25, -0.2) is 0 Å². The molecule has 0 amide bonds. The van der Waals surface area contributed by atoms with Crippen molar-refractivity contribution in [3.05, 3.63) is 164 Å². The van der Waals surface area contributed by atoms with Crippen molar-refractivity contribution in [1.29, 1.82) is 0 Å². The fourth-order valence-electron chi connectivity index (χ4n) is 8.06. The van der Waals surface area contributed by atoms with Gasteiger partial charge in [-0.2, -0.15) is 0 Å². The van der Waals surface area contributed by atoms with Crippen molar-refractivity contribution in [3.63, 3.8) is 0 Å². The average molecular weight is 614 g/mol. The molecule has 4 aromatic heterocycles. The van der Waals surface area contributed by atoms with E-state index in [4.69, 9.17) is 4.42 Å². The molecule has 7 aromatic carbocycles. The van der Waals surface area contributed by atoms with Crippen LogP contribution < -0.4 is 4.90 Å². The van der Waals surface area contributed by atoms with Crippen molar-refractivity contribution >= 4 is 82.9 Å². The van der Waals surface area contributed by atoms with Crippen molar-refractivity contribution in [1.82, 2.24) is 8.80 Å². The molecule has 224 valence electrons.